The van der Waals surface area contributed by atoms with Gasteiger partial charge in [-0.05, 0) is 12.8 Å². The molecule has 0 aromatic carbocycles. The summed E-state index contributed by atoms with van der Waals surface area (Å²) in [6, 6.07) is 0.562. The van der Waals surface area contributed by atoms with E-state index in [0.29, 0.717) is 0 Å². The molecule has 2 atom stereocenters. The molecule has 0 heterocycles. The van der Waals surface area contributed by atoms with Gasteiger partial charge in [-0.2, -0.15) is 0 Å². The van der Waals surface area contributed by atoms with Crippen molar-refractivity contribution in [3.63, 3.8) is 0 Å². The van der Waals surface area contributed by atoms with Gasteiger partial charge in [0.2, 0.25) is 0 Å². The van der Waals surface area contributed by atoms with Gasteiger partial charge in [0.25, 0.3) is 0 Å². The zero-order valence-electron chi connectivity index (χ0n) is 7.45. The van der Waals surface area contributed by atoms with Crippen LogP contribution in [0.3, 0.4) is 0 Å². The maximum atomic E-state index is 5.65. The van der Waals surface area contributed by atoms with E-state index in [0.717, 1.165) is 12.8 Å². The van der Waals surface area contributed by atoms with Crippen molar-refractivity contribution < 1.29 is 43.0 Å². The molecule has 0 aliphatic heterocycles. The van der Waals surface area contributed by atoms with Gasteiger partial charge in [0.1, 0.15) is 0 Å². The fourth-order valence-electron chi connectivity index (χ4n) is 1.19. The van der Waals surface area contributed by atoms with Crippen LogP contribution in [-0.2, 0) is 21.1 Å². The van der Waals surface area contributed by atoms with Crippen LogP contribution in [0.25, 0.3) is 0 Å². The number of hydrogen-bond acceptors (Lipinski definition) is 2. The van der Waals surface area contributed by atoms with Crippen molar-refractivity contribution in [1.82, 2.24) is 0 Å². The van der Waals surface area contributed by atoms with Crippen LogP contribution in [0.5, 0.6) is 0 Å². The molecule has 7 heteroatoms. The van der Waals surface area contributed by atoms with Crippen LogP contribution < -0.4 is 11.5 Å². The Balaban J connectivity index is -0.0000000427. The molecule has 13 heavy (non-hydrogen) atoms. The summed E-state index contributed by atoms with van der Waals surface area (Å²) in [5.74, 6) is 0. The Hall–Kier alpha value is 0.448. The third-order valence-corrected chi connectivity index (χ3v) is 1.87. The van der Waals surface area contributed by atoms with Crippen molar-refractivity contribution in [2.75, 3.05) is 0 Å². The van der Waals surface area contributed by atoms with Gasteiger partial charge < -0.3 is 33.4 Å². The van der Waals surface area contributed by atoms with E-state index in [9.17, 15) is 0 Å². The monoisotopic (exact) mass is 381 g/mol. The molecule has 1 fully saturated rings. The van der Waals surface area contributed by atoms with Crippen LogP contribution in [0.1, 0.15) is 25.7 Å². The van der Waals surface area contributed by atoms with E-state index in [2.05, 4.69) is 0 Å². The van der Waals surface area contributed by atoms with Crippen molar-refractivity contribution in [3.05, 3.63) is 0 Å². The number of hydrogen-bond donors (Lipinski definition) is 2. The minimum atomic E-state index is 0. The van der Waals surface area contributed by atoms with E-state index in [1.54, 1.807) is 0 Å². The molecule has 0 aromatic rings. The van der Waals surface area contributed by atoms with Gasteiger partial charge in [0, 0.05) is 33.1 Å². The summed E-state index contributed by atoms with van der Waals surface area (Å²) < 4.78 is 0. The number of rotatable bonds is 0. The largest absolute Gasteiger partial charge is 0.412 e. The quantitative estimate of drug-likeness (QED) is 0.452. The molecule has 0 aromatic heterocycles. The third kappa shape index (κ3) is 10.4. The van der Waals surface area contributed by atoms with Crippen LogP contribution >= 0.6 is 0 Å². The second-order valence-corrected chi connectivity index (χ2v) is 2.61. The van der Waals surface area contributed by atoms with Crippen molar-refractivity contribution >= 4 is 0 Å². The molecule has 1 aliphatic rings. The summed E-state index contributed by atoms with van der Waals surface area (Å²) >= 11 is 0. The summed E-state index contributed by atoms with van der Waals surface area (Å²) in [7, 11) is 0. The summed E-state index contributed by atoms with van der Waals surface area (Å²) in [6.07, 6.45) is 4.80. The van der Waals surface area contributed by atoms with Crippen LogP contribution in [-0.4, -0.2) is 34.0 Å². The fraction of sp³-hybridized carbons (Fsp3) is 1.00. The summed E-state index contributed by atoms with van der Waals surface area (Å²) in [4.78, 5) is 0. The van der Waals surface area contributed by atoms with Crippen molar-refractivity contribution in [3.8, 4) is 0 Å². The fourth-order valence-corrected chi connectivity index (χ4v) is 1.19. The maximum absolute atomic E-state index is 5.65. The molecule has 0 spiro atoms. The smallest absolute Gasteiger partial charge is 0.0192 e. The first kappa shape index (κ1) is 29.2. The van der Waals surface area contributed by atoms with Gasteiger partial charge in [-0.25, -0.2) is 0 Å². The molecule has 0 saturated heterocycles. The average molecular weight is 381 g/mol. The van der Waals surface area contributed by atoms with E-state index in [1.807, 2.05) is 0 Å². The minimum absolute atomic E-state index is 0. The van der Waals surface area contributed by atoms with Crippen LogP contribution in [0, 0.1) is 0 Å². The van der Waals surface area contributed by atoms with Crippen molar-refractivity contribution in [2.45, 2.75) is 37.8 Å². The molecule has 90 valence electrons. The topological polar surface area (TPSA) is 178 Å². The Morgan fingerprint density at radius 3 is 1.08 bits per heavy atom. The third-order valence-electron chi connectivity index (χ3n) is 1.87. The van der Waals surface area contributed by atoms with E-state index >= 15 is 0 Å². The zero-order chi connectivity index (χ0) is 5.98. The van der Waals surface area contributed by atoms with E-state index in [-0.39, 0.29) is 55.1 Å². The van der Waals surface area contributed by atoms with E-state index in [1.165, 1.54) is 12.8 Å². The Bertz CT molecular complexity index is 79.0. The maximum Gasteiger partial charge on any atom is 0.0192 e. The molecule has 6 nitrogen and oxygen atoms in total. The predicted octanol–water partition coefficient (Wildman–Crippen LogP) is -3.09. The first-order valence-corrected chi connectivity index (χ1v) is 3.32. The predicted molar refractivity (Wildman–Crippen MR) is 48.9 cm³/mol. The molecule has 1 saturated carbocycles. The standard InChI is InChI=1S/C6H14N2.4H2O.Pt/c7-5-3-1-2-4-6(5)8;;;;;/h5-6H,1-4,7-8H2;4*1H2;. The summed E-state index contributed by atoms with van der Waals surface area (Å²) in [5.41, 5.74) is 11.3. The second-order valence-electron chi connectivity index (χ2n) is 2.61. The van der Waals surface area contributed by atoms with E-state index in [4.69, 9.17) is 11.5 Å². The molecule has 0 bridgehead atoms. The summed E-state index contributed by atoms with van der Waals surface area (Å²) in [6.45, 7) is 0. The SMILES string of the molecule is NC1CCCCC1N.O.O.O.O.[Pt]. The van der Waals surface area contributed by atoms with Crippen molar-refractivity contribution in [1.29, 1.82) is 0 Å². The Morgan fingerprint density at radius 2 is 0.923 bits per heavy atom. The molecule has 0 radical (unpaired) electrons. The Labute approximate surface area is 92.5 Å². The molecule has 1 aliphatic carbocycles. The number of nitrogens with two attached hydrogens (primary N) is 2. The first-order valence-electron chi connectivity index (χ1n) is 3.32. The normalized spacial score (nSPS) is 24.5. The van der Waals surface area contributed by atoms with Gasteiger partial charge in [-0.3, -0.25) is 0 Å². The van der Waals surface area contributed by atoms with Crippen LogP contribution in [0.4, 0.5) is 0 Å². The van der Waals surface area contributed by atoms with Gasteiger partial charge in [-0.15, -0.1) is 0 Å². The van der Waals surface area contributed by atoms with Crippen molar-refractivity contribution in [2.24, 2.45) is 11.5 Å². The molecule has 0 amide bonds. The molecule has 2 unspecified atom stereocenters. The van der Waals surface area contributed by atoms with Gasteiger partial charge in [0.15, 0.2) is 0 Å². The van der Waals surface area contributed by atoms with Gasteiger partial charge in [-0.1, -0.05) is 12.8 Å². The molecule has 12 N–H and O–H groups in total. The minimum Gasteiger partial charge on any atom is -0.412 e. The van der Waals surface area contributed by atoms with Gasteiger partial charge >= 0.3 is 0 Å². The summed E-state index contributed by atoms with van der Waals surface area (Å²) in [5, 5.41) is 0. The van der Waals surface area contributed by atoms with E-state index < -0.39 is 0 Å². The molecular formula is C6H22N2O4Pt. The Kier molecular flexibility index (Phi) is 33.6. The van der Waals surface area contributed by atoms with Crippen LogP contribution in [0.15, 0.2) is 0 Å². The Morgan fingerprint density at radius 1 is 0.692 bits per heavy atom. The first-order chi connectivity index (χ1) is 3.80. The second kappa shape index (κ2) is 14.9. The zero-order valence-corrected chi connectivity index (χ0v) is 9.73. The van der Waals surface area contributed by atoms with Crippen LogP contribution in [0.2, 0.25) is 0 Å². The molecule has 1 rings (SSSR count). The molecular weight excluding hydrogens is 359 g/mol. The average Bonchev–Trinajstić information content (AvgIpc) is 1.77. The van der Waals surface area contributed by atoms with Gasteiger partial charge in [0.05, 0.1) is 0 Å².